The lowest BCUT2D eigenvalue weighted by Crippen LogP contribution is -2.20. The van der Waals surface area contributed by atoms with Gasteiger partial charge in [0.25, 0.3) is 0 Å². The van der Waals surface area contributed by atoms with Gasteiger partial charge < -0.3 is 5.21 Å². The van der Waals surface area contributed by atoms with Crippen molar-refractivity contribution in [2.45, 2.75) is 6.54 Å². The number of hydrogen-bond donors (Lipinski definition) is 0. The molecule has 0 aromatic heterocycles. The molecule has 2 rings (SSSR count). The molecular formula is C8H7N2O. The summed E-state index contributed by atoms with van der Waals surface area (Å²) >= 11 is 0. The largest absolute Gasteiger partial charge is 0.551 e. The fraction of sp³-hybridized carbons (Fsp3) is 0.125. The zero-order valence-electron chi connectivity index (χ0n) is 5.90. The van der Waals surface area contributed by atoms with Crippen molar-refractivity contribution in [2.24, 2.45) is 5.10 Å². The van der Waals surface area contributed by atoms with Crippen molar-refractivity contribution in [1.82, 2.24) is 5.17 Å². The van der Waals surface area contributed by atoms with E-state index in [4.69, 9.17) is 0 Å². The highest BCUT2D eigenvalue weighted by Crippen LogP contribution is 2.11. The first-order chi connectivity index (χ1) is 5.36. The highest BCUT2D eigenvalue weighted by molar-refractivity contribution is 5.82. The van der Waals surface area contributed by atoms with E-state index in [0.717, 1.165) is 11.1 Å². The summed E-state index contributed by atoms with van der Waals surface area (Å²) in [5, 5.41) is 15.1. The first-order valence-electron chi connectivity index (χ1n) is 3.43. The van der Waals surface area contributed by atoms with Gasteiger partial charge in [-0.05, 0) is 10.3 Å². The van der Waals surface area contributed by atoms with E-state index in [1.54, 1.807) is 6.21 Å². The maximum atomic E-state index is 10.7. The molecule has 0 aliphatic carbocycles. The Kier molecular flexibility index (Phi) is 1.45. The van der Waals surface area contributed by atoms with E-state index in [-0.39, 0.29) is 0 Å². The van der Waals surface area contributed by atoms with Crippen molar-refractivity contribution in [3.05, 3.63) is 40.6 Å². The minimum absolute atomic E-state index is 0.368. The summed E-state index contributed by atoms with van der Waals surface area (Å²) in [7, 11) is 0. The van der Waals surface area contributed by atoms with Crippen molar-refractivity contribution >= 4 is 6.21 Å². The SMILES string of the molecule is [O-][N+]1Cc2ccccc2C=N1. The summed E-state index contributed by atoms with van der Waals surface area (Å²) in [6, 6.07) is 7.74. The van der Waals surface area contributed by atoms with Gasteiger partial charge in [-0.3, -0.25) is 0 Å². The Hall–Kier alpha value is -1.19. The second-order valence-corrected chi connectivity index (χ2v) is 2.45. The van der Waals surface area contributed by atoms with E-state index in [0.29, 0.717) is 11.7 Å². The zero-order valence-corrected chi connectivity index (χ0v) is 5.90. The van der Waals surface area contributed by atoms with Gasteiger partial charge in [-0.15, -0.1) is 0 Å². The molecule has 0 unspecified atom stereocenters. The Morgan fingerprint density at radius 3 is 3.09 bits per heavy atom. The molecule has 11 heavy (non-hydrogen) atoms. The normalized spacial score (nSPS) is 16.5. The second-order valence-electron chi connectivity index (χ2n) is 2.45. The molecule has 1 aromatic carbocycles. The van der Waals surface area contributed by atoms with Crippen LogP contribution < -0.4 is 5.17 Å². The predicted octanol–water partition coefficient (Wildman–Crippen LogP) is 1.17. The molecule has 0 amide bonds. The smallest absolute Gasteiger partial charge is 0.179 e. The van der Waals surface area contributed by atoms with Gasteiger partial charge >= 0.3 is 0 Å². The average molecular weight is 147 g/mol. The Balaban J connectivity index is 2.46. The third-order valence-corrected chi connectivity index (χ3v) is 1.69. The quantitative estimate of drug-likeness (QED) is 0.401. The fourth-order valence-electron chi connectivity index (χ4n) is 1.12. The molecule has 0 atom stereocenters. The van der Waals surface area contributed by atoms with E-state index < -0.39 is 0 Å². The first kappa shape index (κ1) is 6.52. The van der Waals surface area contributed by atoms with E-state index in [2.05, 4.69) is 5.10 Å². The molecule has 0 fully saturated rings. The molecule has 1 heterocycles. The average Bonchev–Trinajstić information content (AvgIpc) is 2.04. The van der Waals surface area contributed by atoms with Crippen LogP contribution in [0.2, 0.25) is 0 Å². The van der Waals surface area contributed by atoms with Crippen LogP contribution in [-0.4, -0.2) is 6.21 Å². The molecule has 1 aliphatic heterocycles. The van der Waals surface area contributed by atoms with E-state index in [1.165, 1.54) is 0 Å². The molecule has 0 spiro atoms. The second kappa shape index (κ2) is 2.45. The lowest BCUT2D eigenvalue weighted by Gasteiger charge is -2.12. The Morgan fingerprint density at radius 2 is 2.18 bits per heavy atom. The van der Waals surface area contributed by atoms with Gasteiger partial charge in [0.15, 0.2) is 6.54 Å². The molecule has 1 aliphatic rings. The Labute approximate surface area is 64.5 Å². The van der Waals surface area contributed by atoms with E-state index in [1.807, 2.05) is 24.3 Å². The number of rotatable bonds is 0. The summed E-state index contributed by atoms with van der Waals surface area (Å²) in [5.74, 6) is 0. The minimum Gasteiger partial charge on any atom is -0.551 e. The number of fused-ring (bicyclic) bond motifs is 1. The van der Waals surface area contributed by atoms with Crippen LogP contribution in [0.1, 0.15) is 11.1 Å². The van der Waals surface area contributed by atoms with Crippen LogP contribution in [0.5, 0.6) is 0 Å². The van der Waals surface area contributed by atoms with Crippen molar-refractivity contribution in [1.29, 1.82) is 0 Å². The van der Waals surface area contributed by atoms with Crippen LogP contribution in [0.25, 0.3) is 0 Å². The van der Waals surface area contributed by atoms with E-state index in [9.17, 15) is 5.21 Å². The number of hydroxylamine groups is 1. The topological polar surface area (TPSA) is 41.3 Å². The highest BCUT2D eigenvalue weighted by Gasteiger charge is 2.12. The Bertz CT molecular complexity index is 296. The maximum Gasteiger partial charge on any atom is 0.179 e. The third-order valence-electron chi connectivity index (χ3n) is 1.69. The summed E-state index contributed by atoms with van der Waals surface area (Å²) in [6.07, 6.45) is 1.59. The van der Waals surface area contributed by atoms with Crippen molar-refractivity contribution < 1.29 is 0 Å². The lowest BCUT2D eigenvalue weighted by atomic mass is 10.1. The number of hydrazone groups is 1. The van der Waals surface area contributed by atoms with Gasteiger partial charge in [-0.1, -0.05) is 24.3 Å². The van der Waals surface area contributed by atoms with Gasteiger partial charge in [0.05, 0.1) is 6.21 Å². The van der Waals surface area contributed by atoms with Gasteiger partial charge in [0.2, 0.25) is 0 Å². The number of nitrogens with zero attached hydrogens (tertiary/aromatic N) is 2. The van der Waals surface area contributed by atoms with Crippen LogP contribution >= 0.6 is 0 Å². The molecule has 3 heteroatoms. The molecule has 0 N–H and O–H groups in total. The van der Waals surface area contributed by atoms with E-state index >= 15 is 0 Å². The molecule has 0 saturated carbocycles. The molecule has 1 aromatic rings. The molecule has 0 bridgehead atoms. The first-order valence-corrected chi connectivity index (χ1v) is 3.43. The van der Waals surface area contributed by atoms with Crippen LogP contribution in [-0.2, 0) is 6.54 Å². The summed E-state index contributed by atoms with van der Waals surface area (Å²) in [5.41, 5.74) is 2.08. The molecule has 55 valence electrons. The standard InChI is InChI=1S/C8H7N2O/c11-10-6-8-4-2-1-3-7(8)5-9-10/h1-5H,6H2. The van der Waals surface area contributed by atoms with Crippen LogP contribution in [0.4, 0.5) is 0 Å². The molecule has 3 nitrogen and oxygen atoms in total. The molecule has 1 radical (unpaired) electrons. The summed E-state index contributed by atoms with van der Waals surface area (Å²) < 4.78 is 0. The van der Waals surface area contributed by atoms with Gasteiger partial charge in [-0.25, -0.2) is 0 Å². The van der Waals surface area contributed by atoms with Gasteiger partial charge in [0, 0.05) is 11.1 Å². The van der Waals surface area contributed by atoms with Gasteiger partial charge in [0.1, 0.15) is 0 Å². The monoisotopic (exact) mass is 147 g/mol. The van der Waals surface area contributed by atoms with Crippen LogP contribution in [0.3, 0.4) is 0 Å². The van der Waals surface area contributed by atoms with Crippen molar-refractivity contribution in [2.75, 3.05) is 0 Å². The molecule has 0 saturated heterocycles. The number of hydrogen-bond acceptors (Lipinski definition) is 3. The van der Waals surface area contributed by atoms with Crippen LogP contribution in [0.15, 0.2) is 29.4 Å². The van der Waals surface area contributed by atoms with Crippen LogP contribution in [0, 0.1) is 5.21 Å². The lowest BCUT2D eigenvalue weighted by molar-refractivity contribution is 0.544. The van der Waals surface area contributed by atoms with Gasteiger partial charge in [-0.2, -0.15) is 0 Å². The zero-order chi connectivity index (χ0) is 7.68. The fourth-order valence-corrected chi connectivity index (χ4v) is 1.12. The van der Waals surface area contributed by atoms with Crippen molar-refractivity contribution in [3.63, 3.8) is 0 Å². The predicted molar refractivity (Wildman–Crippen MR) is 43.2 cm³/mol. The number of benzene rings is 1. The summed E-state index contributed by atoms with van der Waals surface area (Å²) in [6.45, 7) is 0.368. The molecular weight excluding hydrogens is 140 g/mol. The van der Waals surface area contributed by atoms with Crippen molar-refractivity contribution in [3.8, 4) is 0 Å². The summed E-state index contributed by atoms with van der Waals surface area (Å²) in [4.78, 5) is 0. The highest BCUT2D eigenvalue weighted by atomic mass is 16.5. The Morgan fingerprint density at radius 1 is 1.36 bits per heavy atom. The third kappa shape index (κ3) is 1.15. The minimum atomic E-state index is 0.368. The maximum absolute atomic E-state index is 10.7.